The van der Waals surface area contributed by atoms with E-state index in [1.165, 1.54) is 18.4 Å². The average molecular weight is 473 g/mol. The highest BCUT2D eigenvalue weighted by Crippen LogP contribution is 2.29. The third-order valence-electron chi connectivity index (χ3n) is 4.91. The number of ether oxygens (including phenoxy) is 1. The van der Waals surface area contributed by atoms with Gasteiger partial charge in [0, 0.05) is 32.2 Å². The van der Waals surface area contributed by atoms with Gasteiger partial charge in [-0.05, 0) is 37.7 Å². The Morgan fingerprint density at radius 1 is 1.31 bits per heavy atom. The van der Waals surface area contributed by atoms with Crippen LogP contribution in [-0.4, -0.2) is 61.5 Å². The molecule has 2 aliphatic rings. The van der Waals surface area contributed by atoms with Crippen molar-refractivity contribution in [1.29, 1.82) is 0 Å². The molecule has 3 rings (SSSR count). The van der Waals surface area contributed by atoms with Gasteiger partial charge in [0.2, 0.25) is 0 Å². The van der Waals surface area contributed by atoms with Gasteiger partial charge in [0.15, 0.2) is 5.96 Å². The first kappa shape index (κ1) is 21.4. The van der Waals surface area contributed by atoms with Crippen LogP contribution in [0.25, 0.3) is 0 Å². The van der Waals surface area contributed by atoms with E-state index in [-0.39, 0.29) is 24.0 Å². The van der Waals surface area contributed by atoms with E-state index in [2.05, 4.69) is 52.5 Å². The lowest BCUT2D eigenvalue weighted by Gasteiger charge is -2.22. The maximum Gasteiger partial charge on any atom is 0.194 e. The summed E-state index contributed by atoms with van der Waals surface area (Å²) in [6.07, 6.45) is 3.16. The van der Waals surface area contributed by atoms with Crippen molar-refractivity contribution < 1.29 is 9.84 Å². The topological polar surface area (TPSA) is 57.1 Å². The van der Waals surface area contributed by atoms with Gasteiger partial charge in [-0.25, -0.2) is 0 Å². The summed E-state index contributed by atoms with van der Waals surface area (Å²) in [5.41, 5.74) is 1.40. The first-order chi connectivity index (χ1) is 12.3. The summed E-state index contributed by atoms with van der Waals surface area (Å²) in [5, 5.41) is 13.5. The van der Waals surface area contributed by atoms with E-state index in [4.69, 9.17) is 4.74 Å². The number of likely N-dealkylation sites (tertiary alicyclic amines) is 1. The second-order valence-corrected chi connectivity index (χ2v) is 7.17. The van der Waals surface area contributed by atoms with E-state index < -0.39 is 6.10 Å². The molecule has 0 radical (unpaired) electrons. The standard InChI is InChI=1S/C20H31N3O2.HI/c1-2-21-20(22-12-19(24)15-25-14-16-8-9-16)23-11-10-18(13-23)17-6-4-3-5-7-17;/h3-7,16,18-19,24H,2,8-15H2,1H3,(H,21,22);1H. The minimum absolute atomic E-state index is 0. The Bertz CT molecular complexity index is 551. The van der Waals surface area contributed by atoms with Crippen LogP contribution in [0.15, 0.2) is 35.3 Å². The second kappa shape index (κ2) is 11.1. The lowest BCUT2D eigenvalue weighted by Crippen LogP contribution is -2.40. The van der Waals surface area contributed by atoms with Gasteiger partial charge in [-0.3, -0.25) is 4.99 Å². The number of nitrogens with zero attached hydrogens (tertiary/aromatic N) is 2. The quantitative estimate of drug-likeness (QED) is 0.347. The lowest BCUT2D eigenvalue weighted by molar-refractivity contribution is 0.0367. The van der Waals surface area contributed by atoms with E-state index in [0.29, 0.717) is 19.1 Å². The van der Waals surface area contributed by atoms with Crippen molar-refractivity contribution in [3.05, 3.63) is 35.9 Å². The fourth-order valence-electron chi connectivity index (χ4n) is 3.28. The number of rotatable bonds is 8. The van der Waals surface area contributed by atoms with Gasteiger partial charge in [0.1, 0.15) is 0 Å². The summed E-state index contributed by atoms with van der Waals surface area (Å²) in [6, 6.07) is 10.7. The molecule has 1 heterocycles. The summed E-state index contributed by atoms with van der Waals surface area (Å²) in [6.45, 7) is 6.44. The zero-order valence-corrected chi connectivity index (χ0v) is 18.0. The fraction of sp³-hybridized carbons (Fsp3) is 0.650. The maximum atomic E-state index is 10.1. The molecular formula is C20H32IN3O2. The van der Waals surface area contributed by atoms with Crippen LogP contribution >= 0.6 is 24.0 Å². The van der Waals surface area contributed by atoms with Crippen LogP contribution in [-0.2, 0) is 4.74 Å². The van der Waals surface area contributed by atoms with E-state index >= 15 is 0 Å². The summed E-state index contributed by atoms with van der Waals surface area (Å²) in [5.74, 6) is 2.19. The van der Waals surface area contributed by atoms with Crippen LogP contribution < -0.4 is 5.32 Å². The molecule has 1 saturated heterocycles. The lowest BCUT2D eigenvalue weighted by atomic mass is 9.99. The molecule has 2 atom stereocenters. The molecule has 2 fully saturated rings. The van der Waals surface area contributed by atoms with Gasteiger partial charge < -0.3 is 20.1 Å². The van der Waals surface area contributed by atoms with E-state index in [9.17, 15) is 5.11 Å². The molecule has 2 unspecified atom stereocenters. The minimum atomic E-state index is -0.528. The highest BCUT2D eigenvalue weighted by molar-refractivity contribution is 14.0. The largest absolute Gasteiger partial charge is 0.389 e. The first-order valence-corrected chi connectivity index (χ1v) is 9.60. The predicted molar refractivity (Wildman–Crippen MR) is 116 cm³/mol. The number of hydrogen-bond acceptors (Lipinski definition) is 3. The number of aliphatic hydroxyl groups is 1. The molecule has 5 nitrogen and oxygen atoms in total. The summed E-state index contributed by atoms with van der Waals surface area (Å²) in [7, 11) is 0. The van der Waals surface area contributed by atoms with E-state index in [1.807, 2.05) is 0 Å². The minimum Gasteiger partial charge on any atom is -0.389 e. The molecule has 0 aromatic heterocycles. The van der Waals surface area contributed by atoms with Crippen molar-refractivity contribution in [2.24, 2.45) is 10.9 Å². The van der Waals surface area contributed by atoms with Gasteiger partial charge in [0.25, 0.3) is 0 Å². The number of hydrogen-bond donors (Lipinski definition) is 2. The molecule has 6 heteroatoms. The van der Waals surface area contributed by atoms with Gasteiger partial charge >= 0.3 is 0 Å². The molecule has 1 aromatic rings. The summed E-state index contributed by atoms with van der Waals surface area (Å²) < 4.78 is 5.56. The molecule has 1 aromatic carbocycles. The predicted octanol–water partition coefficient (Wildman–Crippen LogP) is 2.85. The van der Waals surface area contributed by atoms with E-state index in [0.717, 1.165) is 44.5 Å². The van der Waals surface area contributed by atoms with Crippen molar-refractivity contribution in [1.82, 2.24) is 10.2 Å². The second-order valence-electron chi connectivity index (χ2n) is 7.17. The first-order valence-electron chi connectivity index (χ1n) is 9.60. The van der Waals surface area contributed by atoms with Crippen molar-refractivity contribution in [2.45, 2.75) is 38.2 Å². The monoisotopic (exact) mass is 473 g/mol. The van der Waals surface area contributed by atoms with Crippen LogP contribution in [0.5, 0.6) is 0 Å². The Balaban J connectivity index is 0.00000243. The third kappa shape index (κ3) is 6.70. The smallest absolute Gasteiger partial charge is 0.194 e. The number of halogens is 1. The molecule has 2 N–H and O–H groups in total. The van der Waals surface area contributed by atoms with Gasteiger partial charge in [-0.2, -0.15) is 0 Å². The molecular weight excluding hydrogens is 441 g/mol. The van der Waals surface area contributed by atoms with E-state index in [1.54, 1.807) is 0 Å². The molecule has 0 spiro atoms. The molecule has 0 amide bonds. The highest BCUT2D eigenvalue weighted by atomic mass is 127. The number of guanidine groups is 1. The van der Waals surface area contributed by atoms with Gasteiger partial charge in [0.05, 0.1) is 19.3 Å². The summed E-state index contributed by atoms with van der Waals surface area (Å²) in [4.78, 5) is 6.94. The zero-order chi connectivity index (χ0) is 17.5. The highest BCUT2D eigenvalue weighted by Gasteiger charge is 2.26. The van der Waals surface area contributed by atoms with Gasteiger partial charge in [-0.15, -0.1) is 24.0 Å². The molecule has 1 saturated carbocycles. The Morgan fingerprint density at radius 3 is 2.77 bits per heavy atom. The van der Waals surface area contributed by atoms with Crippen LogP contribution in [0.3, 0.4) is 0 Å². The van der Waals surface area contributed by atoms with Crippen molar-refractivity contribution in [3.8, 4) is 0 Å². The van der Waals surface area contributed by atoms with Crippen LogP contribution in [0, 0.1) is 5.92 Å². The number of benzene rings is 1. The molecule has 1 aliphatic heterocycles. The third-order valence-corrected chi connectivity index (χ3v) is 4.91. The maximum absolute atomic E-state index is 10.1. The fourth-order valence-corrected chi connectivity index (χ4v) is 3.28. The molecule has 0 bridgehead atoms. The van der Waals surface area contributed by atoms with Gasteiger partial charge in [-0.1, -0.05) is 30.3 Å². The van der Waals surface area contributed by atoms with Crippen molar-refractivity contribution in [2.75, 3.05) is 39.4 Å². The Hall–Kier alpha value is -0.860. The Labute approximate surface area is 174 Å². The molecule has 26 heavy (non-hydrogen) atoms. The van der Waals surface area contributed by atoms with Crippen LogP contribution in [0.4, 0.5) is 0 Å². The normalized spacial score (nSPS) is 21.4. The Kier molecular flexibility index (Phi) is 9.15. The number of aliphatic imine (C=N–C) groups is 1. The summed E-state index contributed by atoms with van der Waals surface area (Å²) >= 11 is 0. The van der Waals surface area contributed by atoms with Crippen LogP contribution in [0.2, 0.25) is 0 Å². The Morgan fingerprint density at radius 2 is 2.08 bits per heavy atom. The van der Waals surface area contributed by atoms with Crippen molar-refractivity contribution >= 4 is 29.9 Å². The average Bonchev–Trinajstić information content (AvgIpc) is 3.33. The number of aliphatic hydroxyl groups excluding tert-OH is 1. The number of nitrogens with one attached hydrogen (secondary N) is 1. The van der Waals surface area contributed by atoms with Crippen molar-refractivity contribution in [3.63, 3.8) is 0 Å². The van der Waals surface area contributed by atoms with Crippen LogP contribution in [0.1, 0.15) is 37.7 Å². The molecule has 146 valence electrons. The molecule has 1 aliphatic carbocycles. The SMILES string of the molecule is CCNC(=NCC(O)COCC1CC1)N1CCC(c2ccccc2)C1.I. The zero-order valence-electron chi connectivity index (χ0n) is 15.6.